The minimum atomic E-state index is -0.868. The summed E-state index contributed by atoms with van der Waals surface area (Å²) in [6.07, 6.45) is 1.20. The highest BCUT2D eigenvalue weighted by Crippen LogP contribution is 2.32. The zero-order chi connectivity index (χ0) is 23.0. The van der Waals surface area contributed by atoms with Gasteiger partial charge in [-0.05, 0) is 54.6 Å². The number of nitro groups is 1. The quantitative estimate of drug-likeness (QED) is 0.227. The second kappa shape index (κ2) is 8.40. The van der Waals surface area contributed by atoms with Crippen LogP contribution in [0.3, 0.4) is 0 Å². The van der Waals surface area contributed by atoms with E-state index in [1.165, 1.54) is 36.4 Å². The van der Waals surface area contributed by atoms with Gasteiger partial charge >= 0.3 is 6.03 Å². The normalized spacial score (nSPS) is 15.2. The number of rotatable bonds is 4. The molecule has 1 fully saturated rings. The van der Waals surface area contributed by atoms with Crippen molar-refractivity contribution in [2.75, 3.05) is 4.90 Å². The van der Waals surface area contributed by atoms with Crippen LogP contribution in [-0.4, -0.2) is 22.8 Å². The molecule has 0 bridgehead atoms. The van der Waals surface area contributed by atoms with Crippen molar-refractivity contribution >= 4 is 62.8 Å². The number of nitrogens with zero attached hydrogens (tertiary/aromatic N) is 2. The highest BCUT2D eigenvalue weighted by molar-refractivity contribution is 9.10. The average Bonchev–Trinajstić information content (AvgIpc) is 3.21. The van der Waals surface area contributed by atoms with Crippen molar-refractivity contribution in [3.8, 4) is 11.3 Å². The van der Waals surface area contributed by atoms with Crippen LogP contribution in [-0.2, 0) is 9.59 Å². The van der Waals surface area contributed by atoms with Gasteiger partial charge in [0, 0.05) is 16.1 Å². The van der Waals surface area contributed by atoms with E-state index in [4.69, 9.17) is 16.0 Å². The molecule has 11 heteroatoms. The van der Waals surface area contributed by atoms with Gasteiger partial charge in [0.15, 0.2) is 0 Å². The average molecular weight is 517 g/mol. The number of hydrogen-bond donors (Lipinski definition) is 1. The Hall–Kier alpha value is -3.76. The first-order valence-corrected chi connectivity index (χ1v) is 10.1. The summed E-state index contributed by atoms with van der Waals surface area (Å²) in [5, 5.41) is 13.2. The van der Waals surface area contributed by atoms with E-state index in [1.807, 2.05) is 0 Å². The smallest absolute Gasteiger partial charge is 0.335 e. The predicted molar refractivity (Wildman–Crippen MR) is 119 cm³/mol. The van der Waals surface area contributed by atoms with E-state index in [1.54, 1.807) is 24.3 Å². The third-order valence-corrected chi connectivity index (χ3v) is 5.38. The Morgan fingerprint density at radius 3 is 2.47 bits per heavy atom. The van der Waals surface area contributed by atoms with Gasteiger partial charge in [0.1, 0.15) is 22.1 Å². The molecular weight excluding hydrogens is 506 g/mol. The molecule has 0 atom stereocenters. The Morgan fingerprint density at radius 1 is 1.06 bits per heavy atom. The lowest BCUT2D eigenvalue weighted by Gasteiger charge is -2.26. The van der Waals surface area contributed by atoms with Gasteiger partial charge < -0.3 is 4.42 Å². The lowest BCUT2D eigenvalue weighted by molar-refractivity contribution is -0.384. The molecule has 1 saturated heterocycles. The SMILES string of the molecule is O=C1NC(=O)N(c2ccc(Br)cc2)C(=O)/C1=C\c1ccc(-c2ccc(Cl)c([N+](=O)[O-])c2)o1. The first-order chi connectivity index (χ1) is 15.2. The molecule has 4 amide bonds. The monoisotopic (exact) mass is 515 g/mol. The topological polar surface area (TPSA) is 123 Å². The molecule has 1 aliphatic heterocycles. The summed E-state index contributed by atoms with van der Waals surface area (Å²) >= 11 is 9.11. The van der Waals surface area contributed by atoms with Crippen molar-refractivity contribution in [1.82, 2.24) is 5.32 Å². The van der Waals surface area contributed by atoms with E-state index in [-0.39, 0.29) is 33.5 Å². The van der Waals surface area contributed by atoms with Crippen molar-refractivity contribution < 1.29 is 23.7 Å². The van der Waals surface area contributed by atoms with Gasteiger partial charge in [-0.3, -0.25) is 25.0 Å². The lowest BCUT2D eigenvalue weighted by atomic mass is 10.1. The van der Waals surface area contributed by atoms with E-state index >= 15 is 0 Å². The van der Waals surface area contributed by atoms with Crippen LogP contribution in [0.2, 0.25) is 5.02 Å². The van der Waals surface area contributed by atoms with E-state index in [9.17, 15) is 24.5 Å². The van der Waals surface area contributed by atoms with Gasteiger partial charge in [0.05, 0.1) is 10.6 Å². The highest BCUT2D eigenvalue weighted by Gasteiger charge is 2.37. The third kappa shape index (κ3) is 4.05. The largest absolute Gasteiger partial charge is 0.457 e. The number of halogens is 2. The molecule has 160 valence electrons. The Labute approximate surface area is 193 Å². The number of barbiturate groups is 1. The summed E-state index contributed by atoms with van der Waals surface area (Å²) in [5.41, 5.74) is 0.0704. The summed E-state index contributed by atoms with van der Waals surface area (Å²) in [7, 11) is 0. The van der Waals surface area contributed by atoms with Gasteiger partial charge in [-0.25, -0.2) is 9.69 Å². The predicted octanol–water partition coefficient (Wildman–Crippen LogP) is 4.94. The molecule has 0 aliphatic carbocycles. The maximum Gasteiger partial charge on any atom is 0.335 e. The summed E-state index contributed by atoms with van der Waals surface area (Å²) < 4.78 is 6.40. The van der Waals surface area contributed by atoms with Crippen molar-refractivity contribution in [1.29, 1.82) is 0 Å². The fourth-order valence-electron chi connectivity index (χ4n) is 3.02. The zero-order valence-electron chi connectivity index (χ0n) is 15.9. The van der Waals surface area contributed by atoms with Crippen LogP contribution in [0.1, 0.15) is 5.76 Å². The Balaban J connectivity index is 1.67. The summed E-state index contributed by atoms with van der Waals surface area (Å²) in [4.78, 5) is 48.8. The van der Waals surface area contributed by atoms with Crippen LogP contribution in [0.25, 0.3) is 17.4 Å². The third-order valence-electron chi connectivity index (χ3n) is 4.53. The first-order valence-electron chi connectivity index (χ1n) is 8.96. The number of nitro benzene ring substituents is 1. The Morgan fingerprint density at radius 2 is 1.78 bits per heavy atom. The van der Waals surface area contributed by atoms with E-state index in [0.717, 1.165) is 9.37 Å². The number of urea groups is 1. The van der Waals surface area contributed by atoms with Crippen LogP contribution in [0.15, 0.2) is 69.1 Å². The molecule has 4 rings (SSSR count). The van der Waals surface area contributed by atoms with Crippen LogP contribution < -0.4 is 10.2 Å². The molecule has 1 aliphatic rings. The van der Waals surface area contributed by atoms with Crippen molar-refractivity contribution in [2.45, 2.75) is 0 Å². The van der Waals surface area contributed by atoms with Crippen LogP contribution in [0.4, 0.5) is 16.2 Å². The number of carbonyl (C=O) groups is 3. The summed E-state index contributed by atoms with van der Waals surface area (Å²) in [6, 6.07) is 12.7. The number of amides is 4. The van der Waals surface area contributed by atoms with Crippen LogP contribution in [0, 0.1) is 10.1 Å². The molecule has 1 aromatic heterocycles. The molecule has 0 unspecified atom stereocenters. The van der Waals surface area contributed by atoms with Gasteiger partial charge in [0.25, 0.3) is 17.5 Å². The minimum absolute atomic E-state index is 0.0187. The molecule has 0 radical (unpaired) electrons. The molecule has 32 heavy (non-hydrogen) atoms. The molecule has 1 N–H and O–H groups in total. The number of carbonyl (C=O) groups excluding carboxylic acids is 3. The summed E-state index contributed by atoms with van der Waals surface area (Å²) in [6.45, 7) is 0. The molecule has 2 aromatic carbocycles. The Kier molecular flexibility index (Phi) is 5.64. The molecule has 0 spiro atoms. The first kappa shape index (κ1) is 21.5. The minimum Gasteiger partial charge on any atom is -0.457 e. The molecular formula is C21H11BrClN3O6. The maximum absolute atomic E-state index is 12.9. The second-order valence-electron chi connectivity index (χ2n) is 6.56. The van der Waals surface area contributed by atoms with E-state index in [0.29, 0.717) is 5.56 Å². The van der Waals surface area contributed by atoms with Crippen LogP contribution in [0.5, 0.6) is 0 Å². The number of nitrogens with one attached hydrogen (secondary N) is 1. The number of furan rings is 1. The highest BCUT2D eigenvalue weighted by atomic mass is 79.9. The van der Waals surface area contributed by atoms with Crippen molar-refractivity contribution in [3.05, 3.63) is 85.5 Å². The van der Waals surface area contributed by atoms with Gasteiger partial charge in [-0.1, -0.05) is 27.5 Å². The number of hydrogen-bond acceptors (Lipinski definition) is 6. The van der Waals surface area contributed by atoms with Crippen LogP contribution >= 0.6 is 27.5 Å². The van der Waals surface area contributed by atoms with Gasteiger partial charge in [-0.2, -0.15) is 0 Å². The maximum atomic E-state index is 12.9. The molecule has 0 saturated carbocycles. The fourth-order valence-corrected chi connectivity index (χ4v) is 3.47. The number of imide groups is 2. The number of benzene rings is 2. The second-order valence-corrected chi connectivity index (χ2v) is 7.88. The van der Waals surface area contributed by atoms with Crippen molar-refractivity contribution in [3.63, 3.8) is 0 Å². The van der Waals surface area contributed by atoms with E-state index < -0.39 is 22.8 Å². The zero-order valence-corrected chi connectivity index (χ0v) is 18.2. The van der Waals surface area contributed by atoms with E-state index in [2.05, 4.69) is 21.2 Å². The standard InChI is InChI=1S/C21H11BrClN3O6/c22-12-2-4-13(5-3-12)25-20(28)15(19(27)24-21(25)29)10-14-6-8-18(32-14)11-1-7-16(23)17(9-11)26(30)31/h1-10H,(H,24,27,29)/b15-10-. The molecule has 3 aromatic rings. The fraction of sp³-hybridized carbons (Fsp3) is 0. The van der Waals surface area contributed by atoms with Gasteiger partial charge in [-0.15, -0.1) is 0 Å². The van der Waals surface area contributed by atoms with Crippen molar-refractivity contribution in [2.24, 2.45) is 0 Å². The Bertz CT molecular complexity index is 1320. The van der Waals surface area contributed by atoms with Gasteiger partial charge in [0.2, 0.25) is 0 Å². The number of anilines is 1. The molecule has 9 nitrogen and oxygen atoms in total. The molecule has 2 heterocycles. The lowest BCUT2D eigenvalue weighted by Crippen LogP contribution is -2.54. The summed E-state index contributed by atoms with van der Waals surface area (Å²) in [5.74, 6) is -1.28.